The van der Waals surface area contributed by atoms with E-state index in [9.17, 15) is 9.59 Å². The van der Waals surface area contributed by atoms with E-state index in [1.54, 1.807) is 7.05 Å². The summed E-state index contributed by atoms with van der Waals surface area (Å²) in [6, 6.07) is 7.86. The molecule has 9 heteroatoms. The van der Waals surface area contributed by atoms with Crippen molar-refractivity contribution in [3.8, 4) is 0 Å². The molecule has 1 atom stereocenters. The van der Waals surface area contributed by atoms with Gasteiger partial charge >= 0.3 is 0 Å². The van der Waals surface area contributed by atoms with Gasteiger partial charge in [0.1, 0.15) is 6.10 Å². The number of carbonyl (C=O) groups excluding carboxylic acids is 2. The molecule has 178 valence electrons. The summed E-state index contributed by atoms with van der Waals surface area (Å²) in [4.78, 5) is 33.0. The first-order chi connectivity index (χ1) is 15.0. The van der Waals surface area contributed by atoms with Gasteiger partial charge in [0.25, 0.3) is 5.91 Å². The molecule has 0 saturated carbocycles. The topological polar surface area (TPSA) is 86.3 Å². The molecule has 2 N–H and O–H groups in total. The minimum absolute atomic E-state index is 0. The molecule has 2 fully saturated rings. The molecular weight excluding hydrogens is 521 g/mol. The minimum atomic E-state index is -0.253. The third-order valence-electron chi connectivity index (χ3n) is 5.56. The summed E-state index contributed by atoms with van der Waals surface area (Å²) >= 11 is 0. The van der Waals surface area contributed by atoms with Crippen LogP contribution in [0.1, 0.15) is 38.7 Å². The van der Waals surface area contributed by atoms with Crippen LogP contribution < -0.4 is 10.6 Å². The number of carbonyl (C=O) groups is 2. The molecule has 1 unspecified atom stereocenters. The van der Waals surface area contributed by atoms with E-state index in [1.807, 2.05) is 43.0 Å². The summed E-state index contributed by atoms with van der Waals surface area (Å²) in [7, 11) is 1.77. The number of anilines is 1. The van der Waals surface area contributed by atoms with E-state index in [2.05, 4.69) is 20.5 Å². The highest BCUT2D eigenvalue weighted by Gasteiger charge is 2.30. The molecule has 0 aromatic heterocycles. The zero-order valence-corrected chi connectivity index (χ0v) is 21.6. The Kier molecular flexibility index (Phi) is 10.7. The third-order valence-corrected chi connectivity index (χ3v) is 5.56. The van der Waals surface area contributed by atoms with Crippen molar-refractivity contribution in [1.82, 2.24) is 15.1 Å². The fourth-order valence-corrected chi connectivity index (χ4v) is 3.97. The predicted octanol–water partition coefficient (Wildman–Crippen LogP) is 2.69. The monoisotopic (exact) mass is 557 g/mol. The lowest BCUT2D eigenvalue weighted by atomic mass is 10.1. The average Bonchev–Trinajstić information content (AvgIpc) is 3.29. The molecule has 2 heterocycles. The lowest BCUT2D eigenvalue weighted by Crippen LogP contribution is -2.55. The summed E-state index contributed by atoms with van der Waals surface area (Å²) in [5.41, 5.74) is 1.87. The highest BCUT2D eigenvalue weighted by atomic mass is 127. The Bertz CT molecular complexity index is 788. The first kappa shape index (κ1) is 26.4. The van der Waals surface area contributed by atoms with E-state index in [4.69, 9.17) is 4.74 Å². The quantitative estimate of drug-likeness (QED) is 0.319. The zero-order chi connectivity index (χ0) is 22.2. The Hall–Kier alpha value is -1.88. The van der Waals surface area contributed by atoms with Crippen molar-refractivity contribution in [3.05, 3.63) is 29.8 Å². The lowest BCUT2D eigenvalue weighted by molar-refractivity contribution is -0.142. The van der Waals surface area contributed by atoms with Crippen molar-refractivity contribution in [3.63, 3.8) is 0 Å². The highest BCUT2D eigenvalue weighted by Crippen LogP contribution is 2.16. The number of amides is 2. The summed E-state index contributed by atoms with van der Waals surface area (Å²) in [6.07, 6.45) is 2.06. The molecule has 32 heavy (non-hydrogen) atoms. The van der Waals surface area contributed by atoms with Gasteiger partial charge < -0.3 is 25.2 Å². The standard InChI is InChI=1S/C23H35N5O3.HI/c1-17(2)14-21(29)26-19-7-4-6-18(15-19)16-25-23(24-3)28-11-9-27(10-12-28)22(30)20-8-5-13-31-20;/h4,6-7,15,17,20H,5,8-14,16H2,1-3H3,(H,24,25)(H,26,29);1H. The Balaban J connectivity index is 0.00000363. The molecule has 8 nitrogen and oxygen atoms in total. The number of aliphatic imine (C=N–C) groups is 1. The van der Waals surface area contributed by atoms with Gasteiger partial charge in [0, 0.05) is 58.5 Å². The first-order valence-electron chi connectivity index (χ1n) is 11.2. The fourth-order valence-electron chi connectivity index (χ4n) is 3.97. The van der Waals surface area contributed by atoms with Crippen molar-refractivity contribution in [2.75, 3.05) is 45.2 Å². The maximum Gasteiger partial charge on any atom is 0.251 e. The van der Waals surface area contributed by atoms with Crippen LogP contribution in [0.2, 0.25) is 0 Å². The zero-order valence-electron chi connectivity index (χ0n) is 19.3. The average molecular weight is 557 g/mol. The number of hydrogen-bond acceptors (Lipinski definition) is 4. The molecule has 0 radical (unpaired) electrons. The second-order valence-electron chi connectivity index (χ2n) is 8.56. The van der Waals surface area contributed by atoms with Gasteiger partial charge in [0.2, 0.25) is 5.91 Å². The predicted molar refractivity (Wildman–Crippen MR) is 137 cm³/mol. The minimum Gasteiger partial charge on any atom is -0.368 e. The van der Waals surface area contributed by atoms with Crippen molar-refractivity contribution in [2.45, 2.75) is 45.8 Å². The molecule has 0 bridgehead atoms. The molecule has 2 aliphatic rings. The number of guanidine groups is 1. The van der Waals surface area contributed by atoms with Gasteiger partial charge in [-0.1, -0.05) is 26.0 Å². The van der Waals surface area contributed by atoms with Gasteiger partial charge in [0.15, 0.2) is 5.96 Å². The molecule has 2 amide bonds. The molecule has 0 aliphatic carbocycles. The summed E-state index contributed by atoms with van der Waals surface area (Å²) in [5.74, 6) is 1.30. The molecule has 2 saturated heterocycles. The Morgan fingerprint density at radius 1 is 1.19 bits per heavy atom. The summed E-state index contributed by atoms with van der Waals surface area (Å²) < 4.78 is 5.54. The van der Waals surface area contributed by atoms with Crippen LogP contribution in [0.25, 0.3) is 0 Å². The van der Waals surface area contributed by atoms with Gasteiger partial charge in [-0.3, -0.25) is 14.6 Å². The van der Waals surface area contributed by atoms with Crippen LogP contribution in [-0.2, 0) is 20.9 Å². The van der Waals surface area contributed by atoms with Crippen LogP contribution in [0.15, 0.2) is 29.3 Å². The normalized spacial score (nSPS) is 19.0. The maximum atomic E-state index is 12.5. The van der Waals surface area contributed by atoms with Crippen LogP contribution in [-0.4, -0.2) is 73.5 Å². The molecule has 2 aliphatic heterocycles. The Morgan fingerprint density at radius 2 is 1.91 bits per heavy atom. The van der Waals surface area contributed by atoms with Crippen LogP contribution in [0, 0.1) is 5.92 Å². The van der Waals surface area contributed by atoms with E-state index < -0.39 is 0 Å². The fraction of sp³-hybridized carbons (Fsp3) is 0.609. The lowest BCUT2D eigenvalue weighted by Gasteiger charge is -2.37. The van der Waals surface area contributed by atoms with Gasteiger partial charge in [-0.2, -0.15) is 0 Å². The third kappa shape index (κ3) is 7.61. The number of nitrogens with one attached hydrogen (secondary N) is 2. The van der Waals surface area contributed by atoms with Gasteiger partial charge in [-0.15, -0.1) is 24.0 Å². The summed E-state index contributed by atoms with van der Waals surface area (Å²) in [6.45, 7) is 8.19. The number of ether oxygens (including phenoxy) is 1. The van der Waals surface area contributed by atoms with Crippen molar-refractivity contribution in [1.29, 1.82) is 0 Å². The van der Waals surface area contributed by atoms with Gasteiger partial charge in [-0.25, -0.2) is 0 Å². The van der Waals surface area contributed by atoms with Crippen LogP contribution in [0.3, 0.4) is 0 Å². The van der Waals surface area contributed by atoms with Crippen LogP contribution >= 0.6 is 24.0 Å². The van der Waals surface area contributed by atoms with E-state index in [1.165, 1.54) is 0 Å². The number of rotatable bonds is 6. The molecular formula is C23H36IN5O3. The number of piperazine rings is 1. The molecule has 1 aromatic carbocycles. The number of nitrogens with zero attached hydrogens (tertiary/aromatic N) is 3. The van der Waals surface area contributed by atoms with Crippen molar-refractivity contribution < 1.29 is 14.3 Å². The van der Waals surface area contributed by atoms with E-state index >= 15 is 0 Å². The highest BCUT2D eigenvalue weighted by molar-refractivity contribution is 14.0. The number of hydrogen-bond donors (Lipinski definition) is 2. The second-order valence-corrected chi connectivity index (χ2v) is 8.56. The van der Waals surface area contributed by atoms with E-state index in [0.29, 0.717) is 38.6 Å². The summed E-state index contributed by atoms with van der Waals surface area (Å²) in [5, 5.41) is 6.36. The smallest absolute Gasteiger partial charge is 0.251 e. The molecule has 0 spiro atoms. The molecule has 3 rings (SSSR count). The SMILES string of the molecule is CN=C(NCc1cccc(NC(=O)CC(C)C)c1)N1CCN(C(=O)C2CCCO2)CC1.I. The van der Waals surface area contributed by atoms with E-state index in [0.717, 1.165) is 43.1 Å². The maximum absolute atomic E-state index is 12.5. The van der Waals surface area contributed by atoms with E-state index in [-0.39, 0.29) is 41.9 Å². The largest absolute Gasteiger partial charge is 0.368 e. The molecule has 1 aromatic rings. The van der Waals surface area contributed by atoms with Crippen molar-refractivity contribution >= 4 is 47.4 Å². The van der Waals surface area contributed by atoms with Gasteiger partial charge in [0.05, 0.1) is 0 Å². The Morgan fingerprint density at radius 3 is 2.53 bits per heavy atom. The van der Waals surface area contributed by atoms with Crippen LogP contribution in [0.4, 0.5) is 5.69 Å². The second kappa shape index (κ2) is 13.0. The Labute approximate surface area is 208 Å². The van der Waals surface area contributed by atoms with Crippen LogP contribution in [0.5, 0.6) is 0 Å². The van der Waals surface area contributed by atoms with Gasteiger partial charge in [-0.05, 0) is 36.5 Å². The number of benzene rings is 1. The van der Waals surface area contributed by atoms with Crippen molar-refractivity contribution in [2.24, 2.45) is 10.9 Å². The first-order valence-corrected chi connectivity index (χ1v) is 11.2. The number of halogens is 1.